The number of carboxylic acids is 1. The van der Waals surface area contributed by atoms with Gasteiger partial charge >= 0.3 is 5.97 Å². The van der Waals surface area contributed by atoms with Crippen molar-refractivity contribution in [2.24, 2.45) is 5.92 Å². The van der Waals surface area contributed by atoms with Crippen molar-refractivity contribution in [2.45, 2.75) is 24.9 Å². The highest BCUT2D eigenvalue weighted by Crippen LogP contribution is 2.54. The number of anilines is 1. The van der Waals surface area contributed by atoms with Gasteiger partial charge in [-0.3, -0.25) is 14.6 Å². The maximum Gasteiger partial charge on any atom is 0.309 e. The van der Waals surface area contributed by atoms with Crippen molar-refractivity contribution in [1.29, 1.82) is 0 Å². The van der Waals surface area contributed by atoms with Gasteiger partial charge in [0, 0.05) is 42.0 Å². The molecule has 2 atom stereocenters. The Balaban J connectivity index is 1.46. The molecular weight excluding hydrogens is 416 g/mol. The molecule has 33 heavy (non-hydrogen) atoms. The number of aryl methyl sites for hydroxylation is 1. The van der Waals surface area contributed by atoms with E-state index in [1.54, 1.807) is 6.20 Å². The van der Waals surface area contributed by atoms with Crippen molar-refractivity contribution in [3.05, 3.63) is 71.4 Å². The van der Waals surface area contributed by atoms with Crippen molar-refractivity contribution in [3.8, 4) is 0 Å². The van der Waals surface area contributed by atoms with Crippen molar-refractivity contribution in [1.82, 2.24) is 15.2 Å². The number of para-hydroxylation sites is 1. The molecule has 3 aromatic rings. The number of hydrogen-bond donors (Lipinski definition) is 2. The predicted molar refractivity (Wildman–Crippen MR) is 127 cm³/mol. The molecule has 1 saturated carbocycles. The highest BCUT2D eigenvalue weighted by atomic mass is 16.4. The molecule has 7 heteroatoms. The second kappa shape index (κ2) is 7.85. The molecule has 2 heterocycles. The lowest BCUT2D eigenvalue weighted by Crippen LogP contribution is -2.57. The van der Waals surface area contributed by atoms with Crippen molar-refractivity contribution < 1.29 is 14.7 Å². The van der Waals surface area contributed by atoms with Gasteiger partial charge < -0.3 is 20.2 Å². The Morgan fingerprint density at radius 1 is 1.15 bits per heavy atom. The molecule has 1 saturated heterocycles. The lowest BCUT2D eigenvalue weighted by molar-refractivity contribution is -0.139. The minimum absolute atomic E-state index is 0.247. The van der Waals surface area contributed by atoms with E-state index in [2.05, 4.69) is 34.2 Å². The molecule has 2 aliphatic rings. The fourth-order valence-electron chi connectivity index (χ4n) is 4.86. The first-order chi connectivity index (χ1) is 15.8. The van der Waals surface area contributed by atoms with Gasteiger partial charge in [-0.25, -0.2) is 0 Å². The van der Waals surface area contributed by atoms with Gasteiger partial charge in [-0.05, 0) is 62.8 Å². The number of rotatable bonds is 6. The van der Waals surface area contributed by atoms with Crippen LogP contribution < -0.4 is 10.2 Å². The van der Waals surface area contributed by atoms with Gasteiger partial charge in [-0.2, -0.15) is 0 Å². The lowest BCUT2D eigenvalue weighted by atomic mass is 9.96. The molecule has 5 rings (SSSR count). The zero-order chi connectivity index (χ0) is 23.3. The summed E-state index contributed by atoms with van der Waals surface area (Å²) in [5, 5.41) is 13.8. The molecule has 1 amide bonds. The number of fused-ring (bicyclic) bond motifs is 1. The third-order valence-corrected chi connectivity index (χ3v) is 7.15. The smallest absolute Gasteiger partial charge is 0.309 e. The molecule has 0 radical (unpaired) electrons. The van der Waals surface area contributed by atoms with Crippen LogP contribution in [-0.4, -0.2) is 60.1 Å². The van der Waals surface area contributed by atoms with Gasteiger partial charge in [0.05, 0.1) is 17.0 Å². The van der Waals surface area contributed by atoms with Crippen molar-refractivity contribution >= 4 is 28.5 Å². The zero-order valence-electron chi connectivity index (χ0n) is 19.1. The van der Waals surface area contributed by atoms with Crippen LogP contribution in [0.15, 0.2) is 54.7 Å². The summed E-state index contributed by atoms with van der Waals surface area (Å²) in [5.74, 6) is -1.83. The van der Waals surface area contributed by atoms with Crippen LogP contribution in [0.5, 0.6) is 0 Å². The van der Waals surface area contributed by atoms with Crippen LogP contribution in [0.3, 0.4) is 0 Å². The van der Waals surface area contributed by atoms with Gasteiger partial charge in [0.1, 0.15) is 0 Å². The quantitative estimate of drug-likeness (QED) is 0.608. The molecule has 7 nitrogen and oxygen atoms in total. The van der Waals surface area contributed by atoms with Gasteiger partial charge in [0.2, 0.25) is 0 Å². The average molecular weight is 445 g/mol. The fraction of sp³-hybridized carbons (Fsp3) is 0.346. The number of benzene rings is 2. The van der Waals surface area contributed by atoms with Crippen LogP contribution >= 0.6 is 0 Å². The monoisotopic (exact) mass is 444 g/mol. The van der Waals surface area contributed by atoms with Crippen LogP contribution in [0.2, 0.25) is 0 Å². The van der Waals surface area contributed by atoms with Crippen LogP contribution in [0, 0.1) is 12.8 Å². The first kappa shape index (κ1) is 21.4. The number of carboxylic acid groups (broad SMARTS) is 1. The van der Waals surface area contributed by atoms with Crippen molar-refractivity contribution in [3.63, 3.8) is 0 Å². The van der Waals surface area contributed by atoms with Crippen LogP contribution in [0.1, 0.15) is 27.9 Å². The number of aromatic nitrogens is 1. The standard InChI is InChI=1S/C26H28N4O3/c1-16-8-9-17(30-14-18(15-30)29(2)3)12-20(16)24(31)28-26(13-22(26)25(32)33)21-10-11-27-23-7-5-4-6-19(21)23/h4-12,18,22H,13-15H2,1-3H3,(H,28,31)(H,32,33). The number of hydrogen-bond acceptors (Lipinski definition) is 5. The number of nitrogens with zero attached hydrogens (tertiary/aromatic N) is 3. The van der Waals surface area contributed by atoms with Crippen LogP contribution in [0.4, 0.5) is 5.69 Å². The molecule has 170 valence electrons. The molecule has 2 N–H and O–H groups in total. The number of likely N-dealkylation sites (N-methyl/N-ethyl adjacent to an activating group) is 1. The summed E-state index contributed by atoms with van der Waals surface area (Å²) in [6.07, 6.45) is 2.04. The molecule has 1 aromatic heterocycles. The van der Waals surface area contributed by atoms with E-state index in [1.165, 1.54) is 0 Å². The number of pyridine rings is 1. The molecular formula is C26H28N4O3. The highest BCUT2D eigenvalue weighted by molar-refractivity contribution is 5.99. The van der Waals surface area contributed by atoms with E-state index in [-0.39, 0.29) is 5.91 Å². The molecule has 1 aliphatic heterocycles. The Kier molecular flexibility index (Phi) is 5.09. The zero-order valence-corrected chi connectivity index (χ0v) is 19.1. The Labute approximate surface area is 193 Å². The molecule has 2 fully saturated rings. The Hall–Kier alpha value is -3.45. The Bertz CT molecular complexity index is 1250. The largest absolute Gasteiger partial charge is 0.481 e. The normalized spacial score (nSPS) is 22.3. The van der Waals surface area contributed by atoms with E-state index in [1.807, 2.05) is 55.5 Å². The molecule has 2 unspecified atom stereocenters. The van der Waals surface area contributed by atoms with E-state index in [0.717, 1.165) is 40.8 Å². The summed E-state index contributed by atoms with van der Waals surface area (Å²) in [5.41, 5.74) is 3.10. The van der Waals surface area contributed by atoms with Crippen LogP contribution in [-0.2, 0) is 10.3 Å². The number of carbonyl (C=O) groups excluding carboxylic acids is 1. The van der Waals surface area contributed by atoms with E-state index in [0.29, 0.717) is 18.0 Å². The first-order valence-corrected chi connectivity index (χ1v) is 11.2. The summed E-state index contributed by atoms with van der Waals surface area (Å²) in [6, 6.07) is 15.9. The van der Waals surface area contributed by atoms with Gasteiger partial charge in [-0.15, -0.1) is 0 Å². The molecule has 0 bridgehead atoms. The maximum absolute atomic E-state index is 13.5. The van der Waals surface area contributed by atoms with Gasteiger partial charge in [-0.1, -0.05) is 24.3 Å². The highest BCUT2D eigenvalue weighted by Gasteiger charge is 2.61. The fourth-order valence-corrected chi connectivity index (χ4v) is 4.86. The van der Waals surface area contributed by atoms with E-state index < -0.39 is 17.4 Å². The number of amides is 1. The Morgan fingerprint density at radius 2 is 1.91 bits per heavy atom. The van der Waals surface area contributed by atoms with E-state index >= 15 is 0 Å². The van der Waals surface area contributed by atoms with Gasteiger partial charge in [0.15, 0.2) is 0 Å². The second-order valence-electron chi connectivity index (χ2n) is 9.42. The predicted octanol–water partition coefficient (Wildman–Crippen LogP) is 3.02. The van der Waals surface area contributed by atoms with E-state index in [9.17, 15) is 14.7 Å². The number of aliphatic carboxylic acids is 1. The summed E-state index contributed by atoms with van der Waals surface area (Å²) in [7, 11) is 4.15. The third kappa shape index (κ3) is 3.62. The number of nitrogens with one attached hydrogen (secondary N) is 1. The topological polar surface area (TPSA) is 85.8 Å². The van der Waals surface area contributed by atoms with Crippen LogP contribution in [0.25, 0.3) is 10.9 Å². The van der Waals surface area contributed by atoms with Crippen molar-refractivity contribution in [2.75, 3.05) is 32.1 Å². The molecule has 1 aliphatic carbocycles. The summed E-state index contributed by atoms with van der Waals surface area (Å²) in [4.78, 5) is 34.3. The van der Waals surface area contributed by atoms with Gasteiger partial charge in [0.25, 0.3) is 5.91 Å². The molecule has 0 spiro atoms. The van der Waals surface area contributed by atoms with E-state index in [4.69, 9.17) is 0 Å². The third-order valence-electron chi connectivity index (χ3n) is 7.15. The maximum atomic E-state index is 13.5. The Morgan fingerprint density at radius 3 is 2.61 bits per heavy atom. The summed E-state index contributed by atoms with van der Waals surface area (Å²) >= 11 is 0. The second-order valence-corrected chi connectivity index (χ2v) is 9.42. The summed E-state index contributed by atoms with van der Waals surface area (Å²) in [6.45, 7) is 3.75. The number of carbonyl (C=O) groups is 2. The SMILES string of the molecule is Cc1ccc(N2CC(N(C)C)C2)cc1C(=O)NC1(c2ccnc3ccccc23)CC1C(=O)O. The average Bonchev–Trinajstić information content (AvgIpc) is 3.48. The molecule has 2 aromatic carbocycles. The summed E-state index contributed by atoms with van der Waals surface area (Å²) < 4.78 is 0. The lowest BCUT2D eigenvalue weighted by Gasteiger charge is -2.44. The minimum Gasteiger partial charge on any atom is -0.481 e. The minimum atomic E-state index is -0.944. The first-order valence-electron chi connectivity index (χ1n) is 11.2.